The molecule has 2 aliphatic rings. The number of methoxy groups -OCH3 is 2. The fraction of sp³-hybridized carbons (Fsp3) is 0.900. The first kappa shape index (κ1) is 10.7. The summed E-state index contributed by atoms with van der Waals surface area (Å²) in [5.74, 6) is 0.998. The van der Waals surface area contributed by atoms with Crippen molar-refractivity contribution in [2.24, 2.45) is 4.99 Å². The Morgan fingerprint density at radius 1 is 1.47 bits per heavy atom. The number of fused-ring (bicyclic) bond motifs is 1. The van der Waals surface area contributed by atoms with Crippen molar-refractivity contribution in [2.45, 2.75) is 31.7 Å². The van der Waals surface area contributed by atoms with E-state index in [0.29, 0.717) is 6.04 Å². The van der Waals surface area contributed by atoms with Gasteiger partial charge in [0.1, 0.15) is 0 Å². The summed E-state index contributed by atoms with van der Waals surface area (Å²) in [6.45, 7) is 3.98. The number of hydrogen-bond acceptors (Lipinski definition) is 5. The molecule has 2 unspecified atom stereocenters. The summed E-state index contributed by atoms with van der Waals surface area (Å²) in [4.78, 5) is 6.72. The molecule has 0 aliphatic carbocycles. The van der Waals surface area contributed by atoms with Gasteiger partial charge in [0.05, 0.1) is 6.04 Å². The van der Waals surface area contributed by atoms with Crippen LogP contribution in [0.2, 0.25) is 0 Å². The number of nitrogens with one attached hydrogen (secondary N) is 1. The Kier molecular flexibility index (Phi) is 3.11. The Labute approximate surface area is 90.4 Å². The fourth-order valence-electron chi connectivity index (χ4n) is 2.31. The topological polar surface area (TPSA) is 46.1 Å². The minimum Gasteiger partial charge on any atom is -0.354 e. The maximum atomic E-state index is 5.34. The van der Waals surface area contributed by atoms with E-state index in [4.69, 9.17) is 9.47 Å². The van der Waals surface area contributed by atoms with E-state index >= 15 is 0 Å². The quantitative estimate of drug-likeness (QED) is 0.672. The highest BCUT2D eigenvalue weighted by Gasteiger charge is 2.37. The molecule has 2 aliphatic heterocycles. The van der Waals surface area contributed by atoms with E-state index < -0.39 is 0 Å². The lowest BCUT2D eigenvalue weighted by Crippen LogP contribution is -2.50. The van der Waals surface area contributed by atoms with Crippen LogP contribution in [0.1, 0.15) is 13.3 Å². The summed E-state index contributed by atoms with van der Waals surface area (Å²) < 4.78 is 10.7. The first-order valence-electron chi connectivity index (χ1n) is 5.39. The van der Waals surface area contributed by atoms with Crippen LogP contribution in [0.5, 0.6) is 0 Å². The molecule has 5 heteroatoms. The standard InChI is InChI=1S/C10H19N3O2/c1-7-6-13-8(9(14-2)15-3)4-5-11-10(13)12-7/h7-9H,4-6H2,1-3H3,(H,11,12). The second kappa shape index (κ2) is 4.37. The second-order valence-electron chi connectivity index (χ2n) is 4.10. The van der Waals surface area contributed by atoms with E-state index in [-0.39, 0.29) is 12.3 Å². The van der Waals surface area contributed by atoms with Crippen molar-refractivity contribution in [3.05, 3.63) is 0 Å². The third-order valence-electron chi connectivity index (χ3n) is 2.98. The molecule has 15 heavy (non-hydrogen) atoms. The Hall–Kier alpha value is -0.810. The molecule has 2 atom stereocenters. The van der Waals surface area contributed by atoms with E-state index in [0.717, 1.165) is 25.5 Å². The molecule has 0 aromatic rings. The monoisotopic (exact) mass is 213 g/mol. The van der Waals surface area contributed by atoms with E-state index in [1.165, 1.54) is 0 Å². The Balaban J connectivity index is 2.11. The lowest BCUT2D eigenvalue weighted by molar-refractivity contribution is -0.139. The van der Waals surface area contributed by atoms with Crippen molar-refractivity contribution in [2.75, 3.05) is 27.3 Å². The summed E-state index contributed by atoms with van der Waals surface area (Å²) in [6, 6.07) is 0.740. The van der Waals surface area contributed by atoms with E-state index in [2.05, 4.69) is 22.1 Å². The van der Waals surface area contributed by atoms with Gasteiger partial charge in [-0.1, -0.05) is 0 Å². The molecule has 0 aromatic heterocycles. The van der Waals surface area contributed by atoms with Crippen molar-refractivity contribution in [1.82, 2.24) is 10.2 Å². The first-order valence-corrected chi connectivity index (χ1v) is 5.39. The minimum atomic E-state index is -0.164. The Bertz CT molecular complexity index is 253. The van der Waals surface area contributed by atoms with Crippen LogP contribution in [0.4, 0.5) is 0 Å². The molecule has 0 radical (unpaired) electrons. The van der Waals surface area contributed by atoms with Gasteiger partial charge in [-0.15, -0.1) is 0 Å². The molecular formula is C10H19N3O2. The predicted octanol–water partition coefficient (Wildman–Crippen LogP) is 0.0273. The summed E-state index contributed by atoms with van der Waals surface area (Å²) in [7, 11) is 3.37. The van der Waals surface area contributed by atoms with Gasteiger partial charge in [0, 0.05) is 33.4 Å². The molecule has 0 spiro atoms. The molecule has 0 amide bonds. The lowest BCUT2D eigenvalue weighted by Gasteiger charge is -2.35. The van der Waals surface area contributed by atoms with Gasteiger partial charge in [-0.2, -0.15) is 0 Å². The molecule has 0 saturated carbocycles. The van der Waals surface area contributed by atoms with Gasteiger partial charge in [0.2, 0.25) is 0 Å². The third-order valence-corrected chi connectivity index (χ3v) is 2.98. The molecule has 2 heterocycles. The molecule has 1 N–H and O–H groups in total. The van der Waals surface area contributed by atoms with Crippen LogP contribution < -0.4 is 5.32 Å². The van der Waals surface area contributed by atoms with Crippen molar-refractivity contribution in [1.29, 1.82) is 0 Å². The van der Waals surface area contributed by atoms with E-state index in [1.54, 1.807) is 14.2 Å². The second-order valence-corrected chi connectivity index (χ2v) is 4.10. The fourth-order valence-corrected chi connectivity index (χ4v) is 2.31. The Morgan fingerprint density at radius 3 is 2.87 bits per heavy atom. The van der Waals surface area contributed by atoms with Gasteiger partial charge in [0.15, 0.2) is 12.2 Å². The highest BCUT2D eigenvalue weighted by atomic mass is 16.7. The summed E-state index contributed by atoms with van der Waals surface area (Å²) in [5, 5.41) is 3.35. The molecule has 86 valence electrons. The molecule has 1 saturated heterocycles. The smallest absolute Gasteiger partial charge is 0.194 e. The van der Waals surface area contributed by atoms with Crippen LogP contribution in [0, 0.1) is 0 Å². The number of rotatable bonds is 3. The summed E-state index contributed by atoms with van der Waals surface area (Å²) in [6.07, 6.45) is 0.826. The summed E-state index contributed by atoms with van der Waals surface area (Å²) in [5.41, 5.74) is 0. The van der Waals surface area contributed by atoms with Gasteiger partial charge >= 0.3 is 0 Å². The van der Waals surface area contributed by atoms with Gasteiger partial charge in [0.25, 0.3) is 0 Å². The third kappa shape index (κ3) is 1.94. The number of guanidine groups is 1. The van der Waals surface area contributed by atoms with E-state index in [9.17, 15) is 0 Å². The highest BCUT2D eigenvalue weighted by Crippen LogP contribution is 2.20. The first-order chi connectivity index (χ1) is 7.26. The zero-order valence-corrected chi connectivity index (χ0v) is 9.56. The largest absolute Gasteiger partial charge is 0.354 e. The molecular weight excluding hydrogens is 194 g/mol. The number of ether oxygens (including phenoxy) is 2. The maximum absolute atomic E-state index is 5.34. The van der Waals surface area contributed by atoms with Gasteiger partial charge in [-0.3, -0.25) is 4.99 Å². The number of aliphatic imine (C=N–C) groups is 1. The van der Waals surface area contributed by atoms with Gasteiger partial charge < -0.3 is 19.7 Å². The van der Waals surface area contributed by atoms with Crippen molar-refractivity contribution in [3.63, 3.8) is 0 Å². The zero-order chi connectivity index (χ0) is 10.8. The molecule has 0 aromatic carbocycles. The molecule has 5 nitrogen and oxygen atoms in total. The van der Waals surface area contributed by atoms with Crippen molar-refractivity contribution < 1.29 is 9.47 Å². The van der Waals surface area contributed by atoms with Crippen LogP contribution >= 0.6 is 0 Å². The zero-order valence-electron chi connectivity index (χ0n) is 9.56. The van der Waals surface area contributed by atoms with Crippen molar-refractivity contribution >= 4 is 5.96 Å². The van der Waals surface area contributed by atoms with E-state index in [1.807, 2.05) is 0 Å². The van der Waals surface area contributed by atoms with Crippen LogP contribution in [0.3, 0.4) is 0 Å². The molecule has 1 fully saturated rings. The average molecular weight is 213 g/mol. The Morgan fingerprint density at radius 2 is 2.20 bits per heavy atom. The van der Waals surface area contributed by atoms with Crippen LogP contribution in [-0.2, 0) is 9.47 Å². The van der Waals surface area contributed by atoms with Crippen LogP contribution in [0.15, 0.2) is 4.99 Å². The number of nitrogens with zero attached hydrogens (tertiary/aromatic N) is 2. The normalized spacial score (nSPS) is 30.1. The average Bonchev–Trinajstić information content (AvgIpc) is 2.61. The minimum absolute atomic E-state index is 0.164. The van der Waals surface area contributed by atoms with Gasteiger partial charge in [-0.05, 0) is 13.3 Å². The maximum Gasteiger partial charge on any atom is 0.194 e. The predicted molar refractivity (Wildman–Crippen MR) is 57.8 cm³/mol. The van der Waals surface area contributed by atoms with Crippen molar-refractivity contribution in [3.8, 4) is 0 Å². The lowest BCUT2D eigenvalue weighted by atomic mass is 10.1. The highest BCUT2D eigenvalue weighted by molar-refractivity contribution is 5.83. The SMILES string of the molecule is COC(OC)C1CCN=C2NC(C)CN21. The van der Waals surface area contributed by atoms with Gasteiger partial charge in [-0.25, -0.2) is 0 Å². The number of hydrogen-bond donors (Lipinski definition) is 1. The molecule has 0 bridgehead atoms. The summed E-state index contributed by atoms with van der Waals surface area (Å²) >= 11 is 0. The molecule has 2 rings (SSSR count). The van der Waals surface area contributed by atoms with Crippen LogP contribution in [0.25, 0.3) is 0 Å². The van der Waals surface area contributed by atoms with Crippen LogP contribution in [-0.4, -0.2) is 56.5 Å².